The van der Waals surface area contributed by atoms with Crippen LogP contribution in [0.1, 0.15) is 17.5 Å². The molecule has 1 heterocycles. The largest absolute Gasteiger partial charge is 0.488 e. The van der Waals surface area contributed by atoms with E-state index in [0.717, 1.165) is 24.3 Å². The molecule has 0 amide bonds. The van der Waals surface area contributed by atoms with E-state index in [4.69, 9.17) is 21.1 Å². The van der Waals surface area contributed by atoms with Gasteiger partial charge in [-0.25, -0.2) is 8.42 Å². The van der Waals surface area contributed by atoms with Crippen LogP contribution in [0.15, 0.2) is 65.6 Å². The normalized spacial score (nSPS) is 16.8. The van der Waals surface area contributed by atoms with Crippen molar-refractivity contribution >= 4 is 27.3 Å². The summed E-state index contributed by atoms with van der Waals surface area (Å²) in [6.45, 7) is 0.978. The Hall–Kier alpha value is -3.16. The number of likely N-dealkylation sites (N-methyl/N-ethyl adjacent to an activating group) is 1. The number of nitrogens with one attached hydrogen (secondary N) is 1. The van der Waals surface area contributed by atoms with Crippen LogP contribution in [0.5, 0.6) is 17.2 Å². The fourth-order valence-electron chi connectivity index (χ4n) is 3.93. The Kier molecular flexibility index (Phi) is 7.97. The third-order valence-electron chi connectivity index (χ3n) is 5.80. The van der Waals surface area contributed by atoms with Gasteiger partial charge >= 0.3 is 12.4 Å². The average Bonchev–Trinajstić information content (AvgIpc) is 3.23. The molecule has 0 saturated carbocycles. The summed E-state index contributed by atoms with van der Waals surface area (Å²) in [5, 5.41) is 0.0357. The molecule has 1 fully saturated rings. The number of benzene rings is 3. The molecule has 1 aliphatic heterocycles. The van der Waals surface area contributed by atoms with E-state index < -0.39 is 56.0 Å². The molecule has 0 aromatic heterocycles. The van der Waals surface area contributed by atoms with E-state index in [0.29, 0.717) is 31.6 Å². The van der Waals surface area contributed by atoms with Gasteiger partial charge in [-0.2, -0.15) is 26.3 Å². The number of likely N-dealkylation sites (tertiary alicyclic amines) is 1. The Morgan fingerprint density at radius 3 is 2.21 bits per heavy atom. The topological polar surface area (TPSA) is 67.9 Å². The molecule has 3 aromatic carbocycles. The molecule has 3 aromatic rings. The fraction of sp³-hybridized carbons (Fsp3) is 0.280. The van der Waals surface area contributed by atoms with E-state index >= 15 is 0 Å². The van der Waals surface area contributed by atoms with Crippen molar-refractivity contribution < 1.29 is 44.2 Å². The van der Waals surface area contributed by atoms with Crippen LogP contribution in [-0.2, 0) is 22.4 Å². The number of halogens is 7. The first-order chi connectivity index (χ1) is 18.1. The molecule has 39 heavy (non-hydrogen) atoms. The van der Waals surface area contributed by atoms with Gasteiger partial charge in [-0.3, -0.25) is 4.72 Å². The molecular weight excluding hydrogens is 574 g/mol. The van der Waals surface area contributed by atoms with Gasteiger partial charge < -0.3 is 14.4 Å². The lowest BCUT2D eigenvalue weighted by Gasteiger charge is -2.20. The molecule has 6 nitrogen and oxygen atoms in total. The van der Waals surface area contributed by atoms with Gasteiger partial charge in [0.2, 0.25) is 0 Å². The molecule has 210 valence electrons. The summed E-state index contributed by atoms with van der Waals surface area (Å²) in [4.78, 5) is 1.07. The summed E-state index contributed by atoms with van der Waals surface area (Å²) in [5.74, 6) is -1.37. The van der Waals surface area contributed by atoms with Crippen molar-refractivity contribution in [3.05, 3.63) is 76.8 Å². The van der Waals surface area contributed by atoms with Gasteiger partial charge in [-0.15, -0.1) is 0 Å². The van der Waals surface area contributed by atoms with Crippen LogP contribution >= 0.6 is 11.6 Å². The zero-order valence-electron chi connectivity index (χ0n) is 20.1. The lowest BCUT2D eigenvalue weighted by atomic mass is 10.1. The highest BCUT2D eigenvalue weighted by atomic mass is 35.5. The van der Waals surface area contributed by atoms with E-state index in [1.807, 2.05) is 9.62 Å². The molecule has 0 bridgehead atoms. The highest BCUT2D eigenvalue weighted by molar-refractivity contribution is 7.92. The summed E-state index contributed by atoms with van der Waals surface area (Å²) in [7, 11) is -2.90. The second kappa shape index (κ2) is 10.8. The molecule has 0 spiro atoms. The predicted molar refractivity (Wildman–Crippen MR) is 132 cm³/mol. The first-order valence-electron chi connectivity index (χ1n) is 11.4. The molecule has 0 aliphatic carbocycles. The number of hydrogen-bond acceptors (Lipinski definition) is 5. The third kappa shape index (κ3) is 6.89. The molecule has 1 saturated heterocycles. The zero-order chi connectivity index (χ0) is 28.6. The number of rotatable bonds is 7. The van der Waals surface area contributed by atoms with Crippen LogP contribution in [0.2, 0.25) is 5.02 Å². The first kappa shape index (κ1) is 28.8. The predicted octanol–water partition coefficient (Wildman–Crippen LogP) is 7.05. The molecule has 4 rings (SSSR count). The minimum absolute atomic E-state index is 0.0357. The second-order valence-corrected chi connectivity index (χ2v) is 10.9. The Morgan fingerprint density at radius 2 is 1.59 bits per heavy atom. The monoisotopic (exact) mass is 594 g/mol. The quantitative estimate of drug-likeness (QED) is 0.297. The lowest BCUT2D eigenvalue weighted by Crippen LogP contribution is -2.23. The van der Waals surface area contributed by atoms with Gasteiger partial charge in [0.25, 0.3) is 10.0 Å². The Morgan fingerprint density at radius 1 is 0.897 bits per heavy atom. The van der Waals surface area contributed by atoms with Crippen LogP contribution in [0.3, 0.4) is 0 Å². The molecule has 1 N–H and O–H groups in total. The second-order valence-electron chi connectivity index (χ2n) is 8.79. The van der Waals surface area contributed by atoms with E-state index in [2.05, 4.69) is 0 Å². The van der Waals surface area contributed by atoms with Crippen molar-refractivity contribution in [1.29, 1.82) is 0 Å². The van der Waals surface area contributed by atoms with E-state index in [9.17, 15) is 34.8 Å². The maximum absolute atomic E-state index is 13.8. The van der Waals surface area contributed by atoms with Crippen molar-refractivity contribution in [2.75, 3.05) is 24.9 Å². The summed E-state index contributed by atoms with van der Waals surface area (Å²) >= 11 is 5.95. The highest BCUT2D eigenvalue weighted by Gasteiger charge is 2.37. The number of para-hydroxylation sites is 1. The third-order valence-corrected chi connectivity index (χ3v) is 7.50. The minimum Gasteiger partial charge on any atom is -0.488 e. The molecule has 0 radical (unpaired) electrons. The van der Waals surface area contributed by atoms with Crippen LogP contribution in [0, 0.1) is 0 Å². The zero-order valence-corrected chi connectivity index (χ0v) is 21.7. The summed E-state index contributed by atoms with van der Waals surface area (Å²) < 4.78 is 121. The van der Waals surface area contributed by atoms with Crippen molar-refractivity contribution in [2.24, 2.45) is 0 Å². The van der Waals surface area contributed by atoms with Gasteiger partial charge in [0, 0.05) is 19.2 Å². The lowest BCUT2D eigenvalue weighted by molar-refractivity contribution is -0.139. The Balaban J connectivity index is 1.65. The number of nitrogens with zero attached hydrogens (tertiary/aromatic N) is 1. The number of anilines is 1. The van der Waals surface area contributed by atoms with E-state index in [1.165, 1.54) is 18.2 Å². The van der Waals surface area contributed by atoms with Crippen molar-refractivity contribution in [3.63, 3.8) is 0 Å². The summed E-state index contributed by atoms with van der Waals surface area (Å²) in [6.07, 6.45) is -9.88. The molecule has 1 aliphatic rings. The Bertz CT molecular complexity index is 1460. The van der Waals surface area contributed by atoms with Crippen molar-refractivity contribution in [2.45, 2.75) is 29.8 Å². The minimum atomic E-state index is -5.01. The van der Waals surface area contributed by atoms with Gasteiger partial charge in [-0.1, -0.05) is 23.7 Å². The van der Waals surface area contributed by atoms with Crippen LogP contribution in [0.4, 0.5) is 32.0 Å². The molecule has 14 heteroatoms. The van der Waals surface area contributed by atoms with Gasteiger partial charge in [0.05, 0.1) is 26.7 Å². The van der Waals surface area contributed by atoms with Crippen molar-refractivity contribution in [1.82, 2.24) is 4.90 Å². The van der Waals surface area contributed by atoms with Crippen LogP contribution in [-0.4, -0.2) is 39.6 Å². The van der Waals surface area contributed by atoms with Crippen LogP contribution in [0.25, 0.3) is 0 Å². The van der Waals surface area contributed by atoms with Gasteiger partial charge in [0.1, 0.15) is 23.4 Å². The van der Waals surface area contributed by atoms with Gasteiger partial charge in [0.15, 0.2) is 0 Å². The standard InChI is InChI=1S/C25H21ClF6N2O4S/c1-34-11-10-16(14-34)37-23-12-15(6-8-18(23)24(27,28)29)33-39(35,36)17-7-9-21(19(13-17)25(30,31)32)38-22-5-3-2-4-20(22)26/h2-9,12-13,16,33H,10-11,14H2,1H3/t16-/m1/s1. The maximum atomic E-state index is 13.8. The van der Waals surface area contributed by atoms with Gasteiger partial charge in [-0.05, 0) is 55.9 Å². The first-order valence-corrected chi connectivity index (χ1v) is 13.2. The summed E-state index contributed by atoms with van der Waals surface area (Å²) in [5.41, 5.74) is -2.83. The molecular formula is C25H21ClF6N2O4S. The molecule has 1 atom stereocenters. The molecule has 0 unspecified atom stereocenters. The number of ether oxygens (including phenoxy) is 2. The van der Waals surface area contributed by atoms with Crippen molar-refractivity contribution in [3.8, 4) is 17.2 Å². The van der Waals surface area contributed by atoms with E-state index in [-0.39, 0.29) is 16.5 Å². The average molecular weight is 595 g/mol. The number of sulfonamides is 1. The smallest absolute Gasteiger partial charge is 0.420 e. The Labute approximate surface area is 225 Å². The van der Waals surface area contributed by atoms with E-state index in [1.54, 1.807) is 13.1 Å². The fourth-order valence-corrected chi connectivity index (χ4v) is 5.18. The van der Waals surface area contributed by atoms with Crippen LogP contribution < -0.4 is 14.2 Å². The number of hydrogen-bond donors (Lipinski definition) is 1. The summed E-state index contributed by atoms with van der Waals surface area (Å²) in [6, 6.07) is 10.2. The highest BCUT2D eigenvalue weighted by Crippen LogP contribution is 2.42. The number of alkyl halides is 6. The maximum Gasteiger partial charge on any atom is 0.420 e. The SMILES string of the molecule is CN1CC[C@@H](Oc2cc(NS(=O)(=O)c3ccc(Oc4ccccc4Cl)c(C(F)(F)F)c3)ccc2C(F)(F)F)C1.